The molecule has 0 saturated carbocycles. The van der Waals surface area contributed by atoms with E-state index in [2.05, 4.69) is 10.6 Å². The van der Waals surface area contributed by atoms with Crippen LogP contribution in [-0.4, -0.2) is 37.4 Å². The lowest BCUT2D eigenvalue weighted by molar-refractivity contribution is -0.118. The van der Waals surface area contributed by atoms with Gasteiger partial charge in [0, 0.05) is 18.7 Å². The molecule has 0 bridgehead atoms. The van der Waals surface area contributed by atoms with Gasteiger partial charge in [-0.1, -0.05) is 0 Å². The second kappa shape index (κ2) is 8.37. The Morgan fingerprint density at radius 2 is 1.79 bits per heavy atom. The third-order valence-electron chi connectivity index (χ3n) is 2.28. The number of ether oxygens (including phenoxy) is 1. The van der Waals surface area contributed by atoms with Crippen LogP contribution in [0.5, 0.6) is 5.75 Å². The maximum atomic E-state index is 11.7. The van der Waals surface area contributed by atoms with Crippen LogP contribution in [0.4, 0.5) is 0 Å². The highest BCUT2D eigenvalue weighted by molar-refractivity contribution is 6.27. The highest BCUT2D eigenvalue weighted by atomic mass is 35.5. The van der Waals surface area contributed by atoms with Crippen molar-refractivity contribution < 1.29 is 14.3 Å². The molecule has 0 atom stereocenters. The van der Waals surface area contributed by atoms with Crippen molar-refractivity contribution in [2.24, 2.45) is 0 Å². The number of carbonyl (C=O) groups excluding carboxylic acids is 2. The molecule has 1 aromatic rings. The molecule has 0 heterocycles. The molecule has 104 valence electrons. The van der Waals surface area contributed by atoms with E-state index in [1.165, 1.54) is 0 Å². The van der Waals surface area contributed by atoms with Crippen molar-refractivity contribution in [2.45, 2.75) is 6.92 Å². The molecule has 1 rings (SSSR count). The van der Waals surface area contributed by atoms with Gasteiger partial charge in [0.2, 0.25) is 5.91 Å². The van der Waals surface area contributed by atoms with Crippen molar-refractivity contribution in [1.29, 1.82) is 0 Å². The number of amides is 2. The zero-order valence-corrected chi connectivity index (χ0v) is 11.5. The predicted molar refractivity (Wildman–Crippen MR) is 73.7 cm³/mol. The predicted octanol–water partition coefficient (Wildman–Crippen LogP) is 1.17. The third-order valence-corrected chi connectivity index (χ3v) is 2.52. The smallest absolute Gasteiger partial charge is 0.251 e. The Labute approximate surface area is 117 Å². The van der Waals surface area contributed by atoms with Gasteiger partial charge in [0.05, 0.1) is 6.61 Å². The van der Waals surface area contributed by atoms with E-state index in [1.54, 1.807) is 24.3 Å². The van der Waals surface area contributed by atoms with Gasteiger partial charge in [0.1, 0.15) is 11.6 Å². The Morgan fingerprint density at radius 1 is 1.16 bits per heavy atom. The van der Waals surface area contributed by atoms with Crippen molar-refractivity contribution in [1.82, 2.24) is 10.6 Å². The quantitative estimate of drug-likeness (QED) is 0.583. The summed E-state index contributed by atoms with van der Waals surface area (Å²) < 4.78 is 5.29. The van der Waals surface area contributed by atoms with Gasteiger partial charge in [-0.3, -0.25) is 9.59 Å². The maximum Gasteiger partial charge on any atom is 0.251 e. The number of rotatable bonds is 7. The van der Waals surface area contributed by atoms with Crippen LogP contribution >= 0.6 is 11.6 Å². The van der Waals surface area contributed by atoms with Crippen LogP contribution < -0.4 is 15.4 Å². The second-order valence-corrected chi connectivity index (χ2v) is 3.96. The first-order valence-electron chi connectivity index (χ1n) is 6.01. The van der Waals surface area contributed by atoms with Crippen LogP contribution in [0.25, 0.3) is 0 Å². The number of alkyl halides is 1. The van der Waals surface area contributed by atoms with Crippen molar-refractivity contribution in [3.63, 3.8) is 0 Å². The van der Waals surface area contributed by atoms with E-state index >= 15 is 0 Å². The van der Waals surface area contributed by atoms with Gasteiger partial charge < -0.3 is 15.4 Å². The highest BCUT2D eigenvalue weighted by Crippen LogP contribution is 2.11. The first-order valence-corrected chi connectivity index (χ1v) is 6.54. The topological polar surface area (TPSA) is 67.4 Å². The zero-order valence-electron chi connectivity index (χ0n) is 10.7. The van der Waals surface area contributed by atoms with Gasteiger partial charge in [-0.2, -0.15) is 0 Å². The van der Waals surface area contributed by atoms with Crippen LogP contribution in [0.1, 0.15) is 17.3 Å². The monoisotopic (exact) mass is 284 g/mol. The van der Waals surface area contributed by atoms with Gasteiger partial charge in [0.15, 0.2) is 0 Å². The molecule has 6 heteroatoms. The summed E-state index contributed by atoms with van der Waals surface area (Å²) in [5.74, 6) is 0.209. The number of hydrogen-bond acceptors (Lipinski definition) is 3. The summed E-state index contributed by atoms with van der Waals surface area (Å²) in [7, 11) is 0. The summed E-state index contributed by atoms with van der Waals surface area (Å²) in [5, 5.41) is 5.25. The second-order valence-electron chi connectivity index (χ2n) is 3.70. The van der Waals surface area contributed by atoms with E-state index < -0.39 is 0 Å². The molecule has 0 aromatic heterocycles. The fourth-order valence-electron chi connectivity index (χ4n) is 1.40. The summed E-state index contributed by atoms with van der Waals surface area (Å²) >= 11 is 5.32. The molecular weight excluding hydrogens is 268 g/mol. The van der Waals surface area contributed by atoms with Crippen LogP contribution in [0, 0.1) is 0 Å². The zero-order chi connectivity index (χ0) is 14.1. The molecule has 0 radical (unpaired) electrons. The molecule has 0 fully saturated rings. The lowest BCUT2D eigenvalue weighted by Crippen LogP contribution is -2.35. The molecule has 0 aliphatic rings. The molecule has 2 N–H and O–H groups in total. The minimum absolute atomic E-state index is 0.0766. The van der Waals surface area contributed by atoms with Crippen molar-refractivity contribution in [3.8, 4) is 5.75 Å². The number of benzene rings is 1. The van der Waals surface area contributed by atoms with Crippen molar-refractivity contribution in [2.75, 3.05) is 25.6 Å². The van der Waals surface area contributed by atoms with Gasteiger partial charge >= 0.3 is 0 Å². The van der Waals surface area contributed by atoms with Gasteiger partial charge in [-0.15, -0.1) is 11.6 Å². The molecule has 0 spiro atoms. The Hall–Kier alpha value is -1.75. The van der Waals surface area contributed by atoms with Crippen molar-refractivity contribution in [3.05, 3.63) is 29.8 Å². The lowest BCUT2D eigenvalue weighted by atomic mass is 10.2. The van der Waals surface area contributed by atoms with Crippen LogP contribution in [0.15, 0.2) is 24.3 Å². The normalized spacial score (nSPS) is 9.79. The fourth-order valence-corrected chi connectivity index (χ4v) is 1.49. The first kappa shape index (κ1) is 15.3. The van der Waals surface area contributed by atoms with Crippen LogP contribution in [-0.2, 0) is 4.79 Å². The first-order chi connectivity index (χ1) is 9.17. The van der Waals surface area contributed by atoms with Gasteiger partial charge in [0.25, 0.3) is 5.91 Å². The molecule has 1 aromatic carbocycles. The van der Waals surface area contributed by atoms with E-state index in [9.17, 15) is 9.59 Å². The summed E-state index contributed by atoms with van der Waals surface area (Å²) in [6.45, 7) is 3.20. The molecule has 0 saturated heterocycles. The Kier molecular flexibility index (Phi) is 6.74. The van der Waals surface area contributed by atoms with Crippen LogP contribution in [0.3, 0.4) is 0 Å². The average molecular weight is 285 g/mol. The van der Waals surface area contributed by atoms with E-state index in [1.807, 2.05) is 6.92 Å². The molecule has 0 unspecified atom stereocenters. The fraction of sp³-hybridized carbons (Fsp3) is 0.385. The molecule has 19 heavy (non-hydrogen) atoms. The molecule has 0 aliphatic heterocycles. The van der Waals surface area contributed by atoms with Gasteiger partial charge in [-0.05, 0) is 31.2 Å². The summed E-state index contributed by atoms with van der Waals surface area (Å²) in [5.41, 5.74) is 0.548. The van der Waals surface area contributed by atoms with Crippen molar-refractivity contribution >= 4 is 23.4 Å². The molecule has 0 aliphatic carbocycles. The van der Waals surface area contributed by atoms with E-state index in [-0.39, 0.29) is 17.7 Å². The standard InChI is InChI=1S/C13H17ClN2O3/c1-2-19-11-5-3-10(4-6-11)13(18)16-8-7-15-12(17)9-14/h3-6H,2,7-9H2,1H3,(H,15,17)(H,16,18). The van der Waals surface area contributed by atoms with E-state index in [4.69, 9.17) is 16.3 Å². The number of hydrogen-bond donors (Lipinski definition) is 2. The SMILES string of the molecule is CCOc1ccc(C(=O)NCCNC(=O)CCl)cc1. The van der Waals surface area contributed by atoms with Crippen LogP contribution in [0.2, 0.25) is 0 Å². The van der Waals surface area contributed by atoms with E-state index in [0.29, 0.717) is 25.3 Å². The largest absolute Gasteiger partial charge is 0.494 e. The lowest BCUT2D eigenvalue weighted by Gasteiger charge is -2.07. The number of nitrogens with one attached hydrogen (secondary N) is 2. The molecule has 2 amide bonds. The number of carbonyl (C=O) groups is 2. The third kappa shape index (κ3) is 5.61. The molecular formula is C13H17ClN2O3. The average Bonchev–Trinajstić information content (AvgIpc) is 2.44. The summed E-state index contributed by atoms with van der Waals surface area (Å²) in [6.07, 6.45) is 0. The minimum atomic E-state index is -0.253. The molecule has 5 nitrogen and oxygen atoms in total. The summed E-state index contributed by atoms with van der Waals surface area (Å²) in [4.78, 5) is 22.6. The Balaban J connectivity index is 2.34. The summed E-state index contributed by atoms with van der Waals surface area (Å²) in [6, 6.07) is 6.87. The Morgan fingerprint density at radius 3 is 2.37 bits per heavy atom. The van der Waals surface area contributed by atoms with Gasteiger partial charge in [-0.25, -0.2) is 0 Å². The Bertz CT molecular complexity index is 420. The van der Waals surface area contributed by atoms with E-state index in [0.717, 1.165) is 5.75 Å². The minimum Gasteiger partial charge on any atom is -0.494 e. The highest BCUT2D eigenvalue weighted by Gasteiger charge is 2.05. The maximum absolute atomic E-state index is 11.7. The number of halogens is 1.